The summed E-state index contributed by atoms with van der Waals surface area (Å²) in [5.41, 5.74) is -0.125. The molecule has 0 heterocycles. The van der Waals surface area contributed by atoms with Crippen molar-refractivity contribution in [1.82, 2.24) is 16.0 Å². The highest BCUT2D eigenvalue weighted by atomic mass is 16.5. The Morgan fingerprint density at radius 2 is 2.06 bits per heavy atom. The third-order valence-electron chi connectivity index (χ3n) is 3.40. The van der Waals surface area contributed by atoms with E-state index in [1.807, 2.05) is 0 Å². The Balaban J connectivity index is 2.29. The van der Waals surface area contributed by atoms with Gasteiger partial charge in [-0.1, -0.05) is 0 Å². The van der Waals surface area contributed by atoms with E-state index in [1.165, 1.54) is 0 Å². The van der Waals surface area contributed by atoms with Gasteiger partial charge in [0.05, 0.1) is 11.6 Å². The molecule has 104 valence electrons. The summed E-state index contributed by atoms with van der Waals surface area (Å²) in [6.45, 7) is 4.66. The minimum Gasteiger partial charge on any atom is -0.377 e. The van der Waals surface area contributed by atoms with Gasteiger partial charge in [0.2, 0.25) is 5.91 Å². The summed E-state index contributed by atoms with van der Waals surface area (Å²) >= 11 is 0. The van der Waals surface area contributed by atoms with Crippen LogP contribution in [0.3, 0.4) is 0 Å². The summed E-state index contributed by atoms with van der Waals surface area (Å²) in [5, 5.41) is 7.90. The lowest BCUT2D eigenvalue weighted by atomic mass is 9.80. The Hall–Kier alpha value is -1.14. The Labute approximate surface area is 108 Å². The van der Waals surface area contributed by atoms with Crippen molar-refractivity contribution in [1.29, 1.82) is 0 Å². The zero-order chi connectivity index (χ0) is 13.6. The molecule has 6 nitrogen and oxygen atoms in total. The molecule has 0 aromatic rings. The van der Waals surface area contributed by atoms with Crippen LogP contribution in [0.2, 0.25) is 0 Å². The maximum atomic E-state index is 11.7. The molecule has 1 aliphatic rings. The Kier molecular flexibility index (Phi) is 5.55. The molecule has 3 amide bonds. The molecule has 0 radical (unpaired) electrons. The maximum absolute atomic E-state index is 11.7. The number of rotatable bonds is 6. The average molecular weight is 257 g/mol. The molecule has 0 bridgehead atoms. The van der Waals surface area contributed by atoms with Crippen LogP contribution >= 0.6 is 0 Å². The van der Waals surface area contributed by atoms with Crippen molar-refractivity contribution in [2.75, 3.05) is 20.2 Å². The maximum Gasteiger partial charge on any atom is 0.321 e. The first kappa shape index (κ1) is 14.9. The monoisotopic (exact) mass is 257 g/mol. The molecule has 0 saturated heterocycles. The molecule has 3 N–H and O–H groups in total. The Morgan fingerprint density at radius 1 is 1.39 bits per heavy atom. The standard InChI is InChI=1S/C12H23N3O3/c1-4-13-11(17)15-10(16)9(2)14-8-12(18-3)6-5-7-12/h9,14H,4-8H2,1-3H3,(H2,13,15,16,17). The van der Waals surface area contributed by atoms with Gasteiger partial charge >= 0.3 is 6.03 Å². The smallest absolute Gasteiger partial charge is 0.321 e. The van der Waals surface area contributed by atoms with Crippen LogP contribution in [0.5, 0.6) is 0 Å². The summed E-state index contributed by atoms with van der Waals surface area (Å²) in [4.78, 5) is 22.9. The minimum absolute atomic E-state index is 0.125. The lowest BCUT2D eigenvalue weighted by Gasteiger charge is -2.41. The molecule has 0 aromatic carbocycles. The molecular weight excluding hydrogens is 234 g/mol. The molecule has 6 heteroatoms. The molecule has 1 fully saturated rings. The first-order valence-electron chi connectivity index (χ1n) is 6.40. The van der Waals surface area contributed by atoms with E-state index in [4.69, 9.17) is 4.74 Å². The summed E-state index contributed by atoms with van der Waals surface area (Å²) in [6, 6.07) is -0.874. The lowest BCUT2D eigenvalue weighted by Crippen LogP contribution is -2.54. The van der Waals surface area contributed by atoms with E-state index in [9.17, 15) is 9.59 Å². The first-order valence-corrected chi connectivity index (χ1v) is 6.40. The van der Waals surface area contributed by atoms with Gasteiger partial charge in [0.15, 0.2) is 0 Å². The zero-order valence-corrected chi connectivity index (χ0v) is 11.3. The molecule has 1 rings (SSSR count). The molecule has 0 aromatic heterocycles. The number of methoxy groups -OCH3 is 1. The number of urea groups is 1. The number of hydrogen-bond donors (Lipinski definition) is 3. The van der Waals surface area contributed by atoms with Crippen LogP contribution < -0.4 is 16.0 Å². The van der Waals surface area contributed by atoms with E-state index in [2.05, 4.69) is 16.0 Å². The number of carbonyl (C=O) groups is 2. The summed E-state index contributed by atoms with van der Waals surface area (Å²) in [5.74, 6) is -0.327. The fraction of sp³-hybridized carbons (Fsp3) is 0.833. The second kappa shape index (κ2) is 6.70. The Bertz CT molecular complexity index is 297. The summed E-state index contributed by atoms with van der Waals surface area (Å²) in [7, 11) is 1.69. The second-order valence-electron chi connectivity index (χ2n) is 4.69. The number of amides is 3. The van der Waals surface area contributed by atoms with E-state index in [-0.39, 0.29) is 11.5 Å². The van der Waals surface area contributed by atoms with Gasteiger partial charge in [-0.25, -0.2) is 4.79 Å². The van der Waals surface area contributed by atoms with Crippen LogP contribution in [0.4, 0.5) is 4.79 Å². The molecule has 18 heavy (non-hydrogen) atoms. The fourth-order valence-corrected chi connectivity index (χ4v) is 1.88. The second-order valence-corrected chi connectivity index (χ2v) is 4.69. The van der Waals surface area contributed by atoms with Crippen LogP contribution in [-0.2, 0) is 9.53 Å². The number of nitrogens with one attached hydrogen (secondary N) is 3. The predicted octanol–water partition coefficient (Wildman–Crippen LogP) is 0.379. The summed E-state index contributed by atoms with van der Waals surface area (Å²) in [6.07, 6.45) is 3.19. The van der Waals surface area contributed by atoms with Crippen molar-refractivity contribution in [2.24, 2.45) is 0 Å². The zero-order valence-electron chi connectivity index (χ0n) is 11.3. The molecule has 1 saturated carbocycles. The van der Waals surface area contributed by atoms with Crippen LogP contribution in [-0.4, -0.2) is 43.8 Å². The van der Waals surface area contributed by atoms with Gasteiger partial charge in [-0.2, -0.15) is 0 Å². The highest BCUT2D eigenvalue weighted by Gasteiger charge is 2.37. The van der Waals surface area contributed by atoms with Crippen molar-refractivity contribution in [2.45, 2.75) is 44.8 Å². The van der Waals surface area contributed by atoms with Crippen LogP contribution in [0.1, 0.15) is 33.1 Å². The number of imide groups is 1. The quantitative estimate of drug-likeness (QED) is 0.642. The number of carbonyl (C=O) groups excluding carboxylic acids is 2. The van der Waals surface area contributed by atoms with Crippen molar-refractivity contribution in [3.05, 3.63) is 0 Å². The minimum atomic E-state index is -0.457. The van der Waals surface area contributed by atoms with Gasteiger partial charge in [0, 0.05) is 20.2 Å². The molecule has 1 atom stereocenters. The third kappa shape index (κ3) is 3.96. The van der Waals surface area contributed by atoms with E-state index < -0.39 is 12.1 Å². The van der Waals surface area contributed by atoms with Gasteiger partial charge in [-0.05, 0) is 33.1 Å². The average Bonchev–Trinajstić information content (AvgIpc) is 2.28. The highest BCUT2D eigenvalue weighted by molar-refractivity contribution is 5.96. The normalized spacial score (nSPS) is 18.6. The van der Waals surface area contributed by atoms with Crippen LogP contribution in [0.25, 0.3) is 0 Å². The van der Waals surface area contributed by atoms with Gasteiger partial charge < -0.3 is 15.4 Å². The van der Waals surface area contributed by atoms with E-state index >= 15 is 0 Å². The van der Waals surface area contributed by atoms with Gasteiger partial charge in [-0.15, -0.1) is 0 Å². The van der Waals surface area contributed by atoms with E-state index in [1.54, 1.807) is 21.0 Å². The molecular formula is C12H23N3O3. The molecule has 0 spiro atoms. The van der Waals surface area contributed by atoms with Crippen LogP contribution in [0.15, 0.2) is 0 Å². The lowest BCUT2D eigenvalue weighted by molar-refractivity contribution is -0.122. The highest BCUT2D eigenvalue weighted by Crippen LogP contribution is 2.34. The van der Waals surface area contributed by atoms with Gasteiger partial charge in [0.25, 0.3) is 0 Å². The predicted molar refractivity (Wildman–Crippen MR) is 68.3 cm³/mol. The van der Waals surface area contributed by atoms with Crippen molar-refractivity contribution in [3.8, 4) is 0 Å². The Morgan fingerprint density at radius 3 is 2.50 bits per heavy atom. The third-order valence-corrected chi connectivity index (χ3v) is 3.40. The van der Waals surface area contributed by atoms with Crippen molar-refractivity contribution >= 4 is 11.9 Å². The van der Waals surface area contributed by atoms with Crippen molar-refractivity contribution in [3.63, 3.8) is 0 Å². The summed E-state index contributed by atoms with van der Waals surface area (Å²) < 4.78 is 5.45. The molecule has 1 unspecified atom stereocenters. The molecule has 0 aliphatic heterocycles. The van der Waals surface area contributed by atoms with E-state index in [0.29, 0.717) is 13.1 Å². The van der Waals surface area contributed by atoms with Gasteiger partial charge in [-0.3, -0.25) is 10.1 Å². The number of ether oxygens (including phenoxy) is 1. The number of hydrogen-bond acceptors (Lipinski definition) is 4. The van der Waals surface area contributed by atoms with Crippen LogP contribution in [0, 0.1) is 0 Å². The van der Waals surface area contributed by atoms with Gasteiger partial charge in [0.1, 0.15) is 0 Å². The first-order chi connectivity index (χ1) is 8.53. The SMILES string of the molecule is CCNC(=O)NC(=O)C(C)NCC1(OC)CCC1. The molecule has 1 aliphatic carbocycles. The van der Waals surface area contributed by atoms with E-state index in [0.717, 1.165) is 19.3 Å². The van der Waals surface area contributed by atoms with Crippen molar-refractivity contribution < 1.29 is 14.3 Å². The fourth-order valence-electron chi connectivity index (χ4n) is 1.88. The largest absolute Gasteiger partial charge is 0.377 e. The topological polar surface area (TPSA) is 79.5 Å².